The monoisotopic (exact) mass is 456 g/mol. The first kappa shape index (κ1) is 22.2. The van der Waals surface area contributed by atoms with Crippen LogP contribution in [0.3, 0.4) is 0 Å². The van der Waals surface area contributed by atoms with Gasteiger partial charge in [0.15, 0.2) is 0 Å². The molecule has 0 unspecified atom stereocenters. The Morgan fingerprint density at radius 2 is 2.07 bits per heavy atom. The standard InChI is InChI=1S/C18H21ClN4O6S/c1-8-13(19)9(2)22(21-8)5-4-12(25)20-14-16(26)23-15(18(27)28)11(6-29-10(3)24)7-30-17(14)23/h14,17H,4-7H2,1-3H3,(H,20,25)(H,27,28)/t14-,17+/m1/s1. The molecule has 0 aliphatic carbocycles. The van der Waals surface area contributed by atoms with E-state index in [2.05, 4.69) is 10.4 Å². The van der Waals surface area contributed by atoms with Gasteiger partial charge in [-0.15, -0.1) is 11.8 Å². The summed E-state index contributed by atoms with van der Waals surface area (Å²) in [6, 6.07) is -0.809. The molecule has 1 fully saturated rings. The SMILES string of the molecule is CC(=O)OCC1=C(C(=O)O)N2C(=O)[C@@H](NC(=O)CCn3nc(C)c(Cl)c3C)[C@@H]2SC1. The van der Waals surface area contributed by atoms with E-state index >= 15 is 0 Å². The first-order valence-electron chi connectivity index (χ1n) is 9.14. The van der Waals surface area contributed by atoms with Gasteiger partial charge in [-0.3, -0.25) is 24.0 Å². The lowest BCUT2D eigenvalue weighted by molar-refractivity contribution is -0.151. The zero-order valence-corrected chi connectivity index (χ0v) is 18.2. The molecule has 10 nitrogen and oxygen atoms in total. The van der Waals surface area contributed by atoms with Crippen molar-refractivity contribution >= 4 is 47.1 Å². The van der Waals surface area contributed by atoms with E-state index in [1.807, 2.05) is 0 Å². The van der Waals surface area contributed by atoms with Crippen LogP contribution in [0.5, 0.6) is 0 Å². The van der Waals surface area contributed by atoms with Crippen LogP contribution in [0.25, 0.3) is 0 Å². The summed E-state index contributed by atoms with van der Waals surface area (Å²) in [4.78, 5) is 48.8. The van der Waals surface area contributed by atoms with E-state index in [-0.39, 0.29) is 30.4 Å². The summed E-state index contributed by atoms with van der Waals surface area (Å²) < 4.78 is 6.52. The third kappa shape index (κ3) is 4.17. The molecule has 2 aliphatic heterocycles. The average molecular weight is 457 g/mol. The van der Waals surface area contributed by atoms with E-state index in [0.717, 1.165) is 10.6 Å². The van der Waals surface area contributed by atoms with E-state index < -0.39 is 29.3 Å². The van der Waals surface area contributed by atoms with Gasteiger partial charge in [-0.2, -0.15) is 5.10 Å². The molecule has 30 heavy (non-hydrogen) atoms. The lowest BCUT2D eigenvalue weighted by Gasteiger charge is -2.49. The second-order valence-electron chi connectivity index (χ2n) is 6.95. The fraction of sp³-hybridized carbons (Fsp3) is 0.500. The number of β-lactam (4-membered cyclic amide) rings is 1. The molecule has 2 N–H and O–H groups in total. The van der Waals surface area contributed by atoms with E-state index in [1.54, 1.807) is 18.5 Å². The topological polar surface area (TPSA) is 131 Å². The molecule has 0 spiro atoms. The van der Waals surface area contributed by atoms with E-state index in [4.69, 9.17) is 16.3 Å². The maximum absolute atomic E-state index is 12.6. The second kappa shape index (κ2) is 8.68. The van der Waals surface area contributed by atoms with Gasteiger partial charge in [0.25, 0.3) is 5.91 Å². The second-order valence-corrected chi connectivity index (χ2v) is 8.43. The molecule has 0 bridgehead atoms. The van der Waals surface area contributed by atoms with Crippen LogP contribution in [0.4, 0.5) is 0 Å². The van der Waals surface area contributed by atoms with Crippen LogP contribution in [-0.2, 0) is 30.5 Å². The third-order valence-corrected chi connectivity index (χ3v) is 6.75. The number of carbonyl (C=O) groups excluding carboxylic acids is 3. The highest BCUT2D eigenvalue weighted by atomic mass is 35.5. The van der Waals surface area contributed by atoms with Gasteiger partial charge in [0.05, 0.1) is 23.0 Å². The van der Waals surface area contributed by atoms with Crippen molar-refractivity contribution in [1.82, 2.24) is 20.0 Å². The predicted octanol–water partition coefficient (Wildman–Crippen LogP) is 0.845. The van der Waals surface area contributed by atoms with Gasteiger partial charge < -0.3 is 15.2 Å². The number of halogens is 1. The smallest absolute Gasteiger partial charge is 0.352 e. The number of carboxylic acid groups (broad SMARTS) is 1. The minimum atomic E-state index is -1.28. The maximum atomic E-state index is 12.6. The van der Waals surface area contributed by atoms with Crippen LogP contribution >= 0.6 is 23.4 Å². The van der Waals surface area contributed by atoms with Crippen molar-refractivity contribution in [3.8, 4) is 0 Å². The molecule has 1 aromatic heterocycles. The molecule has 2 atom stereocenters. The average Bonchev–Trinajstić information content (AvgIpc) is 2.94. The van der Waals surface area contributed by atoms with Crippen molar-refractivity contribution in [1.29, 1.82) is 0 Å². The summed E-state index contributed by atoms with van der Waals surface area (Å²) in [6.45, 7) is 4.92. The Labute approximate surface area is 181 Å². The lowest BCUT2D eigenvalue weighted by atomic mass is 10.0. The van der Waals surface area contributed by atoms with Gasteiger partial charge in [-0.05, 0) is 13.8 Å². The van der Waals surface area contributed by atoms with Crippen LogP contribution in [0.15, 0.2) is 11.3 Å². The van der Waals surface area contributed by atoms with Gasteiger partial charge in [-0.25, -0.2) is 4.79 Å². The number of ether oxygens (including phenoxy) is 1. The molecule has 0 radical (unpaired) electrons. The molecule has 1 aromatic rings. The Morgan fingerprint density at radius 1 is 1.37 bits per heavy atom. The summed E-state index contributed by atoms with van der Waals surface area (Å²) in [5.41, 5.74) is 1.59. The number of nitrogens with one attached hydrogen (secondary N) is 1. The Balaban J connectivity index is 1.63. The van der Waals surface area contributed by atoms with Crippen molar-refractivity contribution in [3.05, 3.63) is 27.7 Å². The Kier molecular flexibility index (Phi) is 6.41. The van der Waals surface area contributed by atoms with Gasteiger partial charge in [0.2, 0.25) is 5.91 Å². The van der Waals surface area contributed by atoms with Crippen molar-refractivity contribution in [3.63, 3.8) is 0 Å². The summed E-state index contributed by atoms with van der Waals surface area (Å²) in [5.74, 6) is -2.39. The quantitative estimate of drug-likeness (QED) is 0.456. The maximum Gasteiger partial charge on any atom is 0.352 e. The fourth-order valence-corrected chi connectivity index (χ4v) is 4.79. The number of hydrogen-bond acceptors (Lipinski definition) is 7. The molecule has 3 rings (SSSR count). The number of fused-ring (bicyclic) bond motifs is 1. The molecular weight excluding hydrogens is 436 g/mol. The zero-order valence-electron chi connectivity index (χ0n) is 16.6. The molecule has 2 aliphatic rings. The summed E-state index contributed by atoms with van der Waals surface area (Å²) in [7, 11) is 0. The van der Waals surface area contributed by atoms with Crippen molar-refractivity contribution in [2.45, 2.75) is 45.2 Å². The number of amides is 2. The van der Waals surface area contributed by atoms with E-state index in [1.165, 1.54) is 18.7 Å². The number of carboxylic acids is 1. The number of carbonyl (C=O) groups is 4. The number of aryl methyl sites for hydroxylation is 2. The Morgan fingerprint density at radius 3 is 2.63 bits per heavy atom. The number of nitrogens with zero attached hydrogens (tertiary/aromatic N) is 3. The van der Waals surface area contributed by atoms with Gasteiger partial charge in [0, 0.05) is 24.7 Å². The highest BCUT2D eigenvalue weighted by Crippen LogP contribution is 2.40. The Hall–Kier alpha value is -2.53. The minimum absolute atomic E-state index is 0.0960. The third-order valence-electron chi connectivity index (χ3n) is 4.86. The van der Waals surface area contributed by atoms with Crippen LogP contribution < -0.4 is 5.32 Å². The van der Waals surface area contributed by atoms with Crippen LogP contribution in [0.1, 0.15) is 24.7 Å². The zero-order chi connectivity index (χ0) is 22.2. The lowest BCUT2D eigenvalue weighted by Crippen LogP contribution is -2.70. The number of rotatable bonds is 7. The summed E-state index contributed by atoms with van der Waals surface area (Å²) in [6.07, 6.45) is 0.0960. The van der Waals surface area contributed by atoms with Crippen LogP contribution in [-0.4, -0.2) is 67.3 Å². The van der Waals surface area contributed by atoms with Gasteiger partial charge >= 0.3 is 11.9 Å². The van der Waals surface area contributed by atoms with E-state index in [0.29, 0.717) is 22.8 Å². The van der Waals surface area contributed by atoms with E-state index in [9.17, 15) is 24.3 Å². The Bertz CT molecular complexity index is 959. The van der Waals surface area contributed by atoms with Crippen LogP contribution in [0.2, 0.25) is 5.02 Å². The first-order valence-corrected chi connectivity index (χ1v) is 10.6. The number of hydrogen-bond donors (Lipinski definition) is 2. The number of aromatic nitrogens is 2. The molecule has 12 heteroatoms. The first-order chi connectivity index (χ1) is 14.1. The highest BCUT2D eigenvalue weighted by molar-refractivity contribution is 8.00. The molecule has 3 heterocycles. The van der Waals surface area contributed by atoms with Crippen molar-refractivity contribution in [2.24, 2.45) is 0 Å². The summed E-state index contributed by atoms with van der Waals surface area (Å²) >= 11 is 7.41. The molecule has 0 aromatic carbocycles. The number of esters is 1. The normalized spacial score (nSPS) is 20.5. The van der Waals surface area contributed by atoms with Gasteiger partial charge in [-0.1, -0.05) is 11.6 Å². The molecule has 162 valence electrons. The van der Waals surface area contributed by atoms with Gasteiger partial charge in [0.1, 0.15) is 23.7 Å². The predicted molar refractivity (Wildman–Crippen MR) is 108 cm³/mol. The molecular formula is C18H21ClN4O6S. The van der Waals surface area contributed by atoms with Crippen molar-refractivity contribution in [2.75, 3.05) is 12.4 Å². The van der Waals surface area contributed by atoms with Crippen molar-refractivity contribution < 1.29 is 29.0 Å². The number of aliphatic carboxylic acids is 1. The minimum Gasteiger partial charge on any atom is -0.477 e. The summed E-state index contributed by atoms with van der Waals surface area (Å²) in [5, 5.41) is 16.5. The fourth-order valence-electron chi connectivity index (χ4n) is 3.33. The largest absolute Gasteiger partial charge is 0.477 e. The highest BCUT2D eigenvalue weighted by Gasteiger charge is 2.54. The number of thioether (sulfide) groups is 1. The molecule has 2 amide bonds. The molecule has 1 saturated heterocycles. The molecule has 0 saturated carbocycles. The van der Waals surface area contributed by atoms with Crippen LogP contribution in [0, 0.1) is 13.8 Å².